The van der Waals surface area contributed by atoms with E-state index >= 15 is 0 Å². The molecule has 0 saturated heterocycles. The number of likely N-dealkylation sites (N-methyl/N-ethyl adjacent to an activating group) is 2. The second-order valence-corrected chi connectivity index (χ2v) is 4.50. The summed E-state index contributed by atoms with van der Waals surface area (Å²) in [6, 6.07) is 7.66. The highest BCUT2D eigenvalue weighted by molar-refractivity contribution is 5.93. The number of rotatable bonds is 5. The van der Waals surface area contributed by atoms with Crippen molar-refractivity contribution in [1.29, 1.82) is 0 Å². The number of hydrogen-bond donors (Lipinski definition) is 2. The Morgan fingerprint density at radius 2 is 2.10 bits per heavy atom. The van der Waals surface area contributed by atoms with Crippen LogP contribution in [0.2, 0.25) is 0 Å². The number of amides is 1. The van der Waals surface area contributed by atoms with E-state index in [2.05, 4.69) is 15.5 Å². The lowest BCUT2D eigenvalue weighted by atomic mass is 10.1. The molecule has 1 aromatic heterocycles. The Hall–Kier alpha value is -2.21. The molecule has 0 atom stereocenters. The normalized spacial score (nSPS) is 10.6. The highest BCUT2D eigenvalue weighted by atomic mass is 19.1. The van der Waals surface area contributed by atoms with Crippen molar-refractivity contribution < 1.29 is 9.18 Å². The maximum Gasteiger partial charge on any atom is 0.271 e. The fourth-order valence-electron chi connectivity index (χ4n) is 1.79. The summed E-state index contributed by atoms with van der Waals surface area (Å²) >= 11 is 0. The zero-order chi connectivity index (χ0) is 14.5. The number of aromatic amines is 1. The third kappa shape index (κ3) is 3.21. The topological polar surface area (TPSA) is 61.0 Å². The van der Waals surface area contributed by atoms with Crippen LogP contribution in [0.3, 0.4) is 0 Å². The lowest BCUT2D eigenvalue weighted by Crippen LogP contribution is -2.32. The first kappa shape index (κ1) is 14.2. The largest absolute Gasteiger partial charge is 0.339 e. The van der Waals surface area contributed by atoms with Crippen molar-refractivity contribution in [3.8, 4) is 11.3 Å². The van der Waals surface area contributed by atoms with Gasteiger partial charge in [0.25, 0.3) is 5.91 Å². The average molecular weight is 276 g/mol. The monoisotopic (exact) mass is 276 g/mol. The second kappa shape index (κ2) is 6.29. The van der Waals surface area contributed by atoms with Crippen molar-refractivity contribution >= 4 is 5.91 Å². The molecule has 0 bridgehead atoms. The number of benzene rings is 1. The number of carbonyl (C=O) groups is 1. The lowest BCUT2D eigenvalue weighted by Gasteiger charge is -2.15. The summed E-state index contributed by atoms with van der Waals surface area (Å²) in [4.78, 5) is 13.7. The number of hydrogen-bond acceptors (Lipinski definition) is 3. The van der Waals surface area contributed by atoms with E-state index in [0.29, 0.717) is 17.9 Å². The number of halogens is 1. The van der Waals surface area contributed by atoms with E-state index in [1.54, 1.807) is 30.1 Å². The Kier molecular flexibility index (Phi) is 4.47. The van der Waals surface area contributed by atoms with Crippen molar-refractivity contribution in [3.05, 3.63) is 41.8 Å². The van der Waals surface area contributed by atoms with Crippen LogP contribution in [0.25, 0.3) is 11.3 Å². The zero-order valence-corrected chi connectivity index (χ0v) is 11.5. The van der Waals surface area contributed by atoms with Crippen molar-refractivity contribution in [2.45, 2.75) is 0 Å². The second-order valence-electron chi connectivity index (χ2n) is 4.50. The van der Waals surface area contributed by atoms with E-state index in [0.717, 1.165) is 12.1 Å². The Bertz CT molecular complexity index is 579. The summed E-state index contributed by atoms with van der Waals surface area (Å²) < 4.78 is 12.9. The van der Waals surface area contributed by atoms with Gasteiger partial charge in [-0.3, -0.25) is 9.89 Å². The molecule has 6 heteroatoms. The summed E-state index contributed by atoms with van der Waals surface area (Å²) in [7, 11) is 3.57. The van der Waals surface area contributed by atoms with Gasteiger partial charge in [-0.25, -0.2) is 4.39 Å². The molecule has 20 heavy (non-hydrogen) atoms. The van der Waals surface area contributed by atoms with Crippen molar-refractivity contribution in [2.24, 2.45) is 0 Å². The fourth-order valence-corrected chi connectivity index (χ4v) is 1.79. The highest BCUT2D eigenvalue weighted by Gasteiger charge is 2.14. The summed E-state index contributed by atoms with van der Waals surface area (Å²) in [5.74, 6) is -0.423. The first-order chi connectivity index (χ1) is 9.61. The van der Waals surface area contributed by atoms with Crippen molar-refractivity contribution in [3.63, 3.8) is 0 Å². The van der Waals surface area contributed by atoms with Gasteiger partial charge in [-0.2, -0.15) is 5.10 Å². The van der Waals surface area contributed by atoms with Gasteiger partial charge in [-0.1, -0.05) is 0 Å². The van der Waals surface area contributed by atoms with Gasteiger partial charge in [0.15, 0.2) is 0 Å². The van der Waals surface area contributed by atoms with Gasteiger partial charge in [-0.15, -0.1) is 0 Å². The average Bonchev–Trinajstić information content (AvgIpc) is 2.94. The van der Waals surface area contributed by atoms with Crippen LogP contribution >= 0.6 is 0 Å². The van der Waals surface area contributed by atoms with Gasteiger partial charge in [-0.05, 0) is 37.4 Å². The molecule has 0 fully saturated rings. The van der Waals surface area contributed by atoms with Crippen LogP contribution in [0.4, 0.5) is 4.39 Å². The molecule has 2 rings (SSSR count). The van der Waals surface area contributed by atoms with E-state index < -0.39 is 0 Å². The molecule has 0 aliphatic heterocycles. The summed E-state index contributed by atoms with van der Waals surface area (Å²) in [5.41, 5.74) is 1.80. The SMILES string of the molecule is CNCCN(C)C(=O)c1cc(-c2ccc(F)cc2)n[nH]1. The molecule has 1 amide bonds. The Morgan fingerprint density at radius 1 is 1.40 bits per heavy atom. The van der Waals surface area contributed by atoms with E-state index in [4.69, 9.17) is 0 Å². The van der Waals surface area contributed by atoms with E-state index in [-0.39, 0.29) is 11.7 Å². The quantitative estimate of drug-likeness (QED) is 0.870. The zero-order valence-electron chi connectivity index (χ0n) is 11.5. The fraction of sp³-hybridized carbons (Fsp3) is 0.286. The summed E-state index contributed by atoms with van der Waals surface area (Å²) in [5, 5.41) is 9.80. The van der Waals surface area contributed by atoms with E-state index in [1.807, 2.05) is 7.05 Å². The van der Waals surface area contributed by atoms with Crippen LogP contribution in [0.15, 0.2) is 30.3 Å². The minimum Gasteiger partial charge on any atom is -0.339 e. The standard InChI is InChI=1S/C14H17FN4O/c1-16-7-8-19(2)14(20)13-9-12(17-18-13)10-3-5-11(15)6-4-10/h3-6,9,16H,7-8H2,1-2H3,(H,17,18). The maximum atomic E-state index is 12.9. The predicted molar refractivity (Wildman–Crippen MR) is 74.9 cm³/mol. The molecular formula is C14H17FN4O. The van der Waals surface area contributed by atoms with Crippen LogP contribution in [0, 0.1) is 5.82 Å². The molecule has 106 valence electrons. The molecule has 0 aliphatic rings. The molecule has 0 spiro atoms. The van der Waals surface area contributed by atoms with Crippen LogP contribution in [0.1, 0.15) is 10.5 Å². The van der Waals surface area contributed by atoms with Gasteiger partial charge in [0.2, 0.25) is 0 Å². The van der Waals surface area contributed by atoms with Crippen molar-refractivity contribution in [1.82, 2.24) is 20.4 Å². The minimum atomic E-state index is -0.299. The Labute approximate surface area is 116 Å². The number of aromatic nitrogens is 2. The molecule has 5 nitrogen and oxygen atoms in total. The van der Waals surface area contributed by atoms with Gasteiger partial charge >= 0.3 is 0 Å². The lowest BCUT2D eigenvalue weighted by molar-refractivity contribution is 0.0791. The molecule has 0 aliphatic carbocycles. The smallest absolute Gasteiger partial charge is 0.271 e. The van der Waals surface area contributed by atoms with Crippen LogP contribution in [-0.2, 0) is 0 Å². The summed E-state index contributed by atoms with van der Waals surface area (Å²) in [6.45, 7) is 1.33. The highest BCUT2D eigenvalue weighted by Crippen LogP contribution is 2.18. The molecule has 0 radical (unpaired) electrons. The van der Waals surface area contributed by atoms with Crippen LogP contribution in [-0.4, -0.2) is 48.2 Å². The summed E-state index contributed by atoms with van der Waals surface area (Å²) in [6.07, 6.45) is 0. The molecule has 1 heterocycles. The Morgan fingerprint density at radius 3 is 2.75 bits per heavy atom. The third-order valence-electron chi connectivity index (χ3n) is 2.99. The van der Waals surface area contributed by atoms with Crippen LogP contribution < -0.4 is 5.32 Å². The number of nitrogens with one attached hydrogen (secondary N) is 2. The molecule has 1 aromatic carbocycles. The van der Waals surface area contributed by atoms with Gasteiger partial charge in [0.05, 0.1) is 5.69 Å². The number of H-pyrrole nitrogens is 1. The molecular weight excluding hydrogens is 259 g/mol. The van der Waals surface area contributed by atoms with Crippen LogP contribution in [0.5, 0.6) is 0 Å². The first-order valence-electron chi connectivity index (χ1n) is 6.33. The van der Waals surface area contributed by atoms with E-state index in [9.17, 15) is 9.18 Å². The third-order valence-corrected chi connectivity index (χ3v) is 2.99. The minimum absolute atomic E-state index is 0.124. The molecule has 2 N–H and O–H groups in total. The van der Waals surface area contributed by atoms with E-state index in [1.165, 1.54) is 12.1 Å². The van der Waals surface area contributed by atoms with Gasteiger partial charge < -0.3 is 10.2 Å². The molecule has 2 aromatic rings. The van der Waals surface area contributed by atoms with Gasteiger partial charge in [0, 0.05) is 25.7 Å². The number of carbonyl (C=O) groups excluding carboxylic acids is 1. The predicted octanol–water partition coefficient (Wildman–Crippen LogP) is 1.51. The number of nitrogens with zero attached hydrogens (tertiary/aromatic N) is 2. The first-order valence-corrected chi connectivity index (χ1v) is 6.33. The molecule has 0 unspecified atom stereocenters. The molecule has 0 saturated carbocycles. The van der Waals surface area contributed by atoms with Gasteiger partial charge in [0.1, 0.15) is 11.5 Å². The van der Waals surface area contributed by atoms with Crippen molar-refractivity contribution in [2.75, 3.05) is 27.2 Å². The maximum absolute atomic E-state index is 12.9. The Balaban J connectivity index is 2.12.